The molecule has 9 heteroatoms. The van der Waals surface area contributed by atoms with Crippen LogP contribution in [0.25, 0.3) is 0 Å². The molecular weight excluding hydrogens is 300 g/mol. The summed E-state index contributed by atoms with van der Waals surface area (Å²) in [6.07, 6.45) is 0.171. The van der Waals surface area contributed by atoms with Gasteiger partial charge in [-0.25, -0.2) is 9.59 Å². The quantitative estimate of drug-likeness (QED) is 0.271. The van der Waals surface area contributed by atoms with Crippen molar-refractivity contribution < 1.29 is 53.6 Å². The average molecular weight is 312 g/mol. The van der Waals surface area contributed by atoms with E-state index < -0.39 is 36.7 Å². The largest absolute Gasteiger partial charge is 0.481 e. The standard InChI is InChI=1S/C8H8O7.Al.Zn.3H/c9-5(10)1-3-7(13)15-8(14)4-2-6(11)12;;;;;/h1,3H,2,4H2,(H,9,10)(H,11,12);;;;;/b3-1-;;;;;. The maximum absolute atomic E-state index is 10.7. The topological polar surface area (TPSA) is 118 Å². The fourth-order valence-corrected chi connectivity index (χ4v) is 0.546. The Morgan fingerprint density at radius 1 is 1.00 bits per heavy atom. The molecule has 0 saturated carbocycles. The van der Waals surface area contributed by atoms with Crippen molar-refractivity contribution in [1.82, 2.24) is 0 Å². The zero-order chi connectivity index (χ0) is 11.8. The molecule has 0 aromatic carbocycles. The molecule has 7 nitrogen and oxygen atoms in total. The van der Waals surface area contributed by atoms with E-state index in [1.54, 1.807) is 0 Å². The van der Waals surface area contributed by atoms with Gasteiger partial charge in [-0.2, -0.15) is 0 Å². The number of carboxylic acids is 2. The van der Waals surface area contributed by atoms with Crippen LogP contribution in [0.3, 0.4) is 0 Å². The molecule has 0 amide bonds. The summed E-state index contributed by atoms with van der Waals surface area (Å²) in [6.45, 7) is 0. The van der Waals surface area contributed by atoms with E-state index in [2.05, 4.69) is 4.74 Å². The van der Waals surface area contributed by atoms with E-state index in [0.29, 0.717) is 12.2 Å². The van der Waals surface area contributed by atoms with Crippen LogP contribution in [0.1, 0.15) is 12.8 Å². The number of carboxylic acid groups (broad SMARTS) is 2. The Labute approximate surface area is 120 Å². The molecule has 0 aromatic heterocycles. The number of carbonyl (C=O) groups is 4. The molecule has 90 valence electrons. The SMILES string of the molecule is O=C(O)/C=C\C(=O)OC(=O)CCC(=O)O.[AlH3].[Zn]. The van der Waals surface area contributed by atoms with Gasteiger partial charge >= 0.3 is 23.9 Å². The molecule has 0 rings (SSSR count). The van der Waals surface area contributed by atoms with Crippen LogP contribution >= 0.6 is 0 Å². The Balaban J connectivity index is -0.000000980. The van der Waals surface area contributed by atoms with E-state index >= 15 is 0 Å². The molecule has 0 fully saturated rings. The van der Waals surface area contributed by atoms with Crippen LogP contribution in [-0.4, -0.2) is 51.5 Å². The van der Waals surface area contributed by atoms with Gasteiger partial charge in [-0.05, 0) is 0 Å². The summed E-state index contributed by atoms with van der Waals surface area (Å²) in [5, 5.41) is 16.3. The first-order chi connectivity index (χ1) is 6.91. The Morgan fingerprint density at radius 2 is 1.53 bits per heavy atom. The van der Waals surface area contributed by atoms with Crippen LogP contribution in [0.15, 0.2) is 12.2 Å². The van der Waals surface area contributed by atoms with Gasteiger partial charge in [-0.15, -0.1) is 0 Å². The Morgan fingerprint density at radius 3 is 1.94 bits per heavy atom. The number of carbonyl (C=O) groups excluding carboxylic acids is 2. The summed E-state index contributed by atoms with van der Waals surface area (Å²) in [5.41, 5.74) is 0. The van der Waals surface area contributed by atoms with Gasteiger partial charge in [0, 0.05) is 31.6 Å². The van der Waals surface area contributed by atoms with Gasteiger partial charge in [-0.1, -0.05) is 0 Å². The second kappa shape index (κ2) is 11.5. The molecule has 0 unspecified atom stereocenters. The van der Waals surface area contributed by atoms with Crippen molar-refractivity contribution in [3.63, 3.8) is 0 Å². The van der Waals surface area contributed by atoms with Crippen molar-refractivity contribution in [1.29, 1.82) is 0 Å². The maximum atomic E-state index is 10.7. The molecule has 0 aliphatic heterocycles. The van der Waals surface area contributed by atoms with Gasteiger partial charge in [0.15, 0.2) is 17.4 Å². The molecule has 0 aromatic rings. The summed E-state index contributed by atoms with van der Waals surface area (Å²) >= 11 is 0. The molecule has 2 N–H and O–H groups in total. The number of rotatable bonds is 5. The maximum Gasteiger partial charge on any atom is 0.338 e. The minimum absolute atomic E-state index is 0. The third-order valence-electron chi connectivity index (χ3n) is 1.12. The van der Waals surface area contributed by atoms with E-state index in [1.807, 2.05) is 0 Å². The van der Waals surface area contributed by atoms with E-state index in [4.69, 9.17) is 10.2 Å². The van der Waals surface area contributed by atoms with Crippen molar-refractivity contribution in [2.75, 3.05) is 0 Å². The van der Waals surface area contributed by atoms with E-state index in [9.17, 15) is 19.2 Å². The molecule has 0 radical (unpaired) electrons. The zero-order valence-corrected chi connectivity index (χ0v) is 11.2. The number of hydrogen-bond acceptors (Lipinski definition) is 5. The first kappa shape index (κ1) is 21.3. The Bertz CT molecular complexity index is 326. The molecular formula is C8H11AlO7Zn. The molecule has 0 aliphatic carbocycles. The first-order valence-electron chi connectivity index (χ1n) is 3.79. The van der Waals surface area contributed by atoms with Gasteiger partial charge in [0.1, 0.15) is 0 Å². The number of esters is 2. The molecule has 0 saturated heterocycles. The summed E-state index contributed by atoms with van der Waals surface area (Å²) in [6, 6.07) is 0. The van der Waals surface area contributed by atoms with Crippen molar-refractivity contribution in [2.45, 2.75) is 12.8 Å². The van der Waals surface area contributed by atoms with E-state index in [-0.39, 0.29) is 36.8 Å². The van der Waals surface area contributed by atoms with E-state index in [1.165, 1.54) is 0 Å². The predicted molar refractivity (Wildman–Crippen MR) is 54.7 cm³/mol. The molecule has 0 aliphatic rings. The van der Waals surface area contributed by atoms with Crippen LogP contribution in [0.4, 0.5) is 0 Å². The summed E-state index contributed by atoms with van der Waals surface area (Å²) in [4.78, 5) is 41.3. The molecule has 0 atom stereocenters. The third-order valence-corrected chi connectivity index (χ3v) is 1.12. The predicted octanol–water partition coefficient (Wildman–Crippen LogP) is -1.62. The van der Waals surface area contributed by atoms with Crippen LogP contribution in [-0.2, 0) is 43.4 Å². The molecule has 0 heterocycles. The molecule has 0 spiro atoms. The first-order valence-corrected chi connectivity index (χ1v) is 3.79. The van der Waals surface area contributed by atoms with Gasteiger partial charge in [0.25, 0.3) is 0 Å². The minimum Gasteiger partial charge on any atom is -0.481 e. The van der Waals surface area contributed by atoms with Gasteiger partial charge in [0.05, 0.1) is 12.8 Å². The monoisotopic (exact) mass is 310 g/mol. The zero-order valence-electron chi connectivity index (χ0n) is 8.21. The Kier molecular flexibility index (Phi) is 14.3. The second-order valence-electron chi connectivity index (χ2n) is 2.36. The van der Waals surface area contributed by atoms with Gasteiger partial charge < -0.3 is 14.9 Å². The van der Waals surface area contributed by atoms with Crippen molar-refractivity contribution in [2.24, 2.45) is 0 Å². The van der Waals surface area contributed by atoms with Crippen molar-refractivity contribution in [3.8, 4) is 0 Å². The summed E-state index contributed by atoms with van der Waals surface area (Å²) < 4.78 is 4.06. The minimum atomic E-state index is -1.36. The van der Waals surface area contributed by atoms with Crippen molar-refractivity contribution in [3.05, 3.63) is 12.2 Å². The number of hydrogen-bond donors (Lipinski definition) is 2. The van der Waals surface area contributed by atoms with Crippen LogP contribution in [0.2, 0.25) is 0 Å². The van der Waals surface area contributed by atoms with Crippen LogP contribution in [0.5, 0.6) is 0 Å². The average Bonchev–Trinajstić information content (AvgIpc) is 2.11. The fraction of sp³-hybridized carbons (Fsp3) is 0.250. The van der Waals surface area contributed by atoms with Gasteiger partial charge in [-0.3, -0.25) is 9.59 Å². The summed E-state index contributed by atoms with van der Waals surface area (Å²) in [5.74, 6) is -4.71. The van der Waals surface area contributed by atoms with Gasteiger partial charge in [0.2, 0.25) is 0 Å². The number of aliphatic carboxylic acids is 2. The van der Waals surface area contributed by atoms with E-state index in [0.717, 1.165) is 0 Å². The fourth-order valence-electron chi connectivity index (χ4n) is 0.546. The second-order valence-corrected chi connectivity index (χ2v) is 2.36. The van der Waals surface area contributed by atoms with Crippen molar-refractivity contribution >= 4 is 41.2 Å². The smallest absolute Gasteiger partial charge is 0.338 e. The van der Waals surface area contributed by atoms with Crippen LogP contribution < -0.4 is 0 Å². The normalized spacial score (nSPS) is 8.71. The molecule has 0 bridgehead atoms. The summed E-state index contributed by atoms with van der Waals surface area (Å²) in [7, 11) is 0. The number of ether oxygens (including phenoxy) is 1. The molecule has 17 heavy (non-hydrogen) atoms. The Hall–Kier alpha value is -1.02. The van der Waals surface area contributed by atoms with Crippen LogP contribution in [0, 0.1) is 0 Å². The third kappa shape index (κ3) is 15.0.